The summed E-state index contributed by atoms with van der Waals surface area (Å²) in [4.78, 5) is 23.3. The first kappa shape index (κ1) is 19.5. The number of carbonyl (C=O) groups is 1. The van der Waals surface area contributed by atoms with E-state index in [-0.39, 0.29) is 5.91 Å². The Morgan fingerprint density at radius 3 is 2.14 bits per heavy atom. The molecule has 0 saturated heterocycles. The van der Waals surface area contributed by atoms with Gasteiger partial charge in [-0.1, -0.05) is 24.3 Å². The lowest BCUT2D eigenvalue weighted by Gasteiger charge is -2.26. The molecule has 1 aromatic carbocycles. The molecule has 0 N–H and O–H groups in total. The number of amides is 1. The maximum atomic E-state index is 13.2. The number of aryl methyl sites for hydroxylation is 2. The number of hydrogen-bond donors (Lipinski definition) is 0. The van der Waals surface area contributed by atoms with E-state index >= 15 is 0 Å². The van der Waals surface area contributed by atoms with Crippen LogP contribution in [0.15, 0.2) is 67.3 Å². The van der Waals surface area contributed by atoms with Crippen molar-refractivity contribution < 1.29 is 9.53 Å². The molecule has 0 radical (unpaired) electrons. The maximum Gasteiger partial charge on any atom is 0.263 e. The van der Waals surface area contributed by atoms with Gasteiger partial charge in [0.2, 0.25) is 0 Å². The van der Waals surface area contributed by atoms with Crippen LogP contribution in [0.5, 0.6) is 5.75 Å². The normalized spacial score (nSPS) is 11.7. The number of ether oxygens (including phenoxy) is 1. The van der Waals surface area contributed by atoms with E-state index in [1.54, 1.807) is 36.6 Å². The van der Waals surface area contributed by atoms with Crippen LogP contribution in [0, 0.1) is 13.8 Å². The summed E-state index contributed by atoms with van der Waals surface area (Å²) in [5, 5.41) is 0. The van der Waals surface area contributed by atoms with Crippen LogP contribution in [-0.4, -0.2) is 26.9 Å². The lowest BCUT2D eigenvalue weighted by atomic mass is 10.1. The average Bonchev–Trinajstić information content (AvgIpc) is 2.71. The quantitative estimate of drug-likeness (QED) is 0.624. The second-order valence-corrected chi connectivity index (χ2v) is 6.95. The lowest BCUT2D eigenvalue weighted by Crippen LogP contribution is -2.39. The van der Waals surface area contributed by atoms with Gasteiger partial charge in [-0.05, 0) is 61.2 Å². The predicted molar refractivity (Wildman–Crippen MR) is 109 cm³/mol. The van der Waals surface area contributed by atoms with Gasteiger partial charge in [-0.15, -0.1) is 0 Å². The first-order valence-corrected chi connectivity index (χ1v) is 9.33. The molecule has 28 heavy (non-hydrogen) atoms. The van der Waals surface area contributed by atoms with Gasteiger partial charge >= 0.3 is 0 Å². The minimum absolute atomic E-state index is 0.0754. The Morgan fingerprint density at radius 1 is 1.00 bits per heavy atom. The molecule has 0 saturated carbocycles. The van der Waals surface area contributed by atoms with Crippen molar-refractivity contribution in [2.75, 3.05) is 0 Å². The van der Waals surface area contributed by atoms with E-state index in [1.165, 1.54) is 0 Å². The third-order valence-corrected chi connectivity index (χ3v) is 4.50. The molecule has 144 valence electrons. The monoisotopic (exact) mass is 375 g/mol. The average molecular weight is 375 g/mol. The predicted octanol–water partition coefficient (Wildman–Crippen LogP) is 4.09. The second kappa shape index (κ2) is 9.13. The fraction of sp³-hybridized carbons (Fsp3) is 0.261. The summed E-state index contributed by atoms with van der Waals surface area (Å²) >= 11 is 0. The van der Waals surface area contributed by atoms with E-state index in [4.69, 9.17) is 4.74 Å². The Hall–Kier alpha value is -3.21. The van der Waals surface area contributed by atoms with Crippen molar-refractivity contribution in [2.45, 2.75) is 40.0 Å². The fourth-order valence-corrected chi connectivity index (χ4v) is 2.97. The highest BCUT2D eigenvalue weighted by Gasteiger charge is 2.23. The summed E-state index contributed by atoms with van der Waals surface area (Å²) < 4.78 is 6.02. The van der Waals surface area contributed by atoms with Crippen molar-refractivity contribution in [2.24, 2.45) is 0 Å². The van der Waals surface area contributed by atoms with Crippen LogP contribution >= 0.6 is 0 Å². The summed E-state index contributed by atoms with van der Waals surface area (Å²) in [6, 6.07) is 13.7. The SMILES string of the molecule is Cc1ccc(C)c(O[C@H](C)C(=O)N(Cc2cccnc2)Cc2cccnc2)c1. The largest absolute Gasteiger partial charge is 0.481 e. The van der Waals surface area contributed by atoms with E-state index in [9.17, 15) is 4.79 Å². The van der Waals surface area contributed by atoms with Crippen LogP contribution in [0.3, 0.4) is 0 Å². The van der Waals surface area contributed by atoms with Crippen molar-refractivity contribution in [1.29, 1.82) is 0 Å². The van der Waals surface area contributed by atoms with Crippen LogP contribution in [0.4, 0.5) is 0 Å². The van der Waals surface area contributed by atoms with E-state index < -0.39 is 6.10 Å². The molecule has 1 atom stereocenters. The molecule has 2 heterocycles. The first-order chi connectivity index (χ1) is 13.5. The molecule has 0 aliphatic carbocycles. The first-order valence-electron chi connectivity index (χ1n) is 9.33. The summed E-state index contributed by atoms with van der Waals surface area (Å²) in [6.07, 6.45) is 6.40. The van der Waals surface area contributed by atoms with Gasteiger partial charge in [0.1, 0.15) is 5.75 Å². The lowest BCUT2D eigenvalue weighted by molar-refractivity contribution is -0.139. The van der Waals surface area contributed by atoms with Crippen LogP contribution < -0.4 is 4.74 Å². The van der Waals surface area contributed by atoms with E-state index in [1.807, 2.05) is 56.3 Å². The Bertz CT molecular complexity index is 872. The minimum atomic E-state index is -0.603. The van der Waals surface area contributed by atoms with Crippen LogP contribution in [-0.2, 0) is 17.9 Å². The minimum Gasteiger partial charge on any atom is -0.481 e. The summed E-state index contributed by atoms with van der Waals surface area (Å²) in [5.41, 5.74) is 4.05. The number of pyridine rings is 2. The Kier molecular flexibility index (Phi) is 6.37. The van der Waals surface area contributed by atoms with Crippen molar-refractivity contribution >= 4 is 5.91 Å². The van der Waals surface area contributed by atoms with Crippen molar-refractivity contribution in [3.63, 3.8) is 0 Å². The molecule has 0 aliphatic heterocycles. The summed E-state index contributed by atoms with van der Waals surface area (Å²) in [7, 11) is 0. The van der Waals surface area contributed by atoms with Gasteiger partial charge in [0.05, 0.1) is 0 Å². The summed E-state index contributed by atoms with van der Waals surface area (Å²) in [6.45, 7) is 6.71. The molecular weight excluding hydrogens is 350 g/mol. The zero-order valence-corrected chi connectivity index (χ0v) is 16.5. The molecule has 1 amide bonds. The highest BCUT2D eigenvalue weighted by atomic mass is 16.5. The molecule has 2 aromatic heterocycles. The number of carbonyl (C=O) groups excluding carboxylic acids is 1. The number of nitrogens with zero attached hydrogens (tertiary/aromatic N) is 3. The van der Waals surface area contributed by atoms with Crippen molar-refractivity contribution in [1.82, 2.24) is 14.9 Å². The number of aromatic nitrogens is 2. The highest BCUT2D eigenvalue weighted by molar-refractivity contribution is 5.81. The van der Waals surface area contributed by atoms with Gasteiger partial charge in [-0.2, -0.15) is 0 Å². The molecule has 0 aliphatic rings. The number of hydrogen-bond acceptors (Lipinski definition) is 4. The molecule has 0 spiro atoms. The molecule has 0 fully saturated rings. The molecule has 0 unspecified atom stereocenters. The van der Waals surface area contributed by atoms with E-state index in [0.29, 0.717) is 13.1 Å². The zero-order valence-electron chi connectivity index (χ0n) is 16.5. The number of benzene rings is 1. The third-order valence-electron chi connectivity index (χ3n) is 4.50. The highest BCUT2D eigenvalue weighted by Crippen LogP contribution is 2.21. The van der Waals surface area contributed by atoms with Gasteiger partial charge < -0.3 is 9.64 Å². The molecule has 0 bridgehead atoms. The van der Waals surface area contributed by atoms with Gasteiger partial charge in [0.25, 0.3) is 5.91 Å². The Balaban J connectivity index is 1.79. The molecule has 5 heteroatoms. The Labute approximate surface area is 166 Å². The molecule has 3 aromatic rings. The van der Waals surface area contributed by atoms with E-state index in [0.717, 1.165) is 28.0 Å². The molecule has 3 rings (SSSR count). The van der Waals surface area contributed by atoms with Crippen molar-refractivity contribution in [3.8, 4) is 5.75 Å². The van der Waals surface area contributed by atoms with Crippen molar-refractivity contribution in [3.05, 3.63) is 89.5 Å². The third kappa shape index (κ3) is 5.16. The summed E-state index contributed by atoms with van der Waals surface area (Å²) in [5.74, 6) is 0.664. The molecule has 5 nitrogen and oxygen atoms in total. The van der Waals surface area contributed by atoms with Crippen LogP contribution in [0.1, 0.15) is 29.2 Å². The standard InChI is InChI=1S/C23H25N3O2/c1-17-8-9-18(2)22(12-17)28-19(3)23(27)26(15-20-6-4-10-24-13-20)16-21-7-5-11-25-14-21/h4-14,19H,15-16H2,1-3H3/t19-/m1/s1. The zero-order chi connectivity index (χ0) is 19.9. The van der Waals surface area contributed by atoms with Gasteiger partial charge in [0, 0.05) is 37.9 Å². The fourth-order valence-electron chi connectivity index (χ4n) is 2.97. The van der Waals surface area contributed by atoms with E-state index in [2.05, 4.69) is 9.97 Å². The topological polar surface area (TPSA) is 55.3 Å². The van der Waals surface area contributed by atoms with Gasteiger partial charge in [0.15, 0.2) is 6.10 Å². The van der Waals surface area contributed by atoms with Gasteiger partial charge in [-0.3, -0.25) is 14.8 Å². The number of rotatable bonds is 7. The molecular formula is C23H25N3O2. The maximum absolute atomic E-state index is 13.2. The van der Waals surface area contributed by atoms with Crippen LogP contribution in [0.25, 0.3) is 0 Å². The van der Waals surface area contributed by atoms with Gasteiger partial charge in [-0.25, -0.2) is 0 Å². The Morgan fingerprint density at radius 2 is 1.61 bits per heavy atom. The smallest absolute Gasteiger partial charge is 0.263 e. The van der Waals surface area contributed by atoms with Crippen LogP contribution in [0.2, 0.25) is 0 Å². The second-order valence-electron chi connectivity index (χ2n) is 6.95.